The fourth-order valence-corrected chi connectivity index (χ4v) is 4.78. The molecule has 12 heteroatoms. The number of nitrogens with one attached hydrogen (secondary N) is 1. The van der Waals surface area contributed by atoms with E-state index in [-0.39, 0.29) is 30.7 Å². The van der Waals surface area contributed by atoms with E-state index in [1.54, 1.807) is 67.4 Å². The summed E-state index contributed by atoms with van der Waals surface area (Å²) in [6, 6.07) is 14.1. The van der Waals surface area contributed by atoms with Gasteiger partial charge in [-0.1, -0.05) is 18.2 Å². The molecule has 0 fully saturated rings. The van der Waals surface area contributed by atoms with Crippen molar-refractivity contribution < 1.29 is 13.2 Å². The molecule has 0 unspecified atom stereocenters. The van der Waals surface area contributed by atoms with Crippen molar-refractivity contribution in [3.63, 3.8) is 0 Å². The first-order valence-corrected chi connectivity index (χ1v) is 12.6. The maximum Gasteiger partial charge on any atom is 0.416 e. The minimum atomic E-state index is -4.49. The van der Waals surface area contributed by atoms with Gasteiger partial charge in [-0.25, -0.2) is 4.79 Å². The van der Waals surface area contributed by atoms with Crippen LogP contribution < -0.4 is 11.2 Å². The number of alkyl halides is 3. The Bertz CT molecular complexity index is 1960. The van der Waals surface area contributed by atoms with Crippen molar-refractivity contribution in [2.45, 2.75) is 25.8 Å². The van der Waals surface area contributed by atoms with Gasteiger partial charge < -0.3 is 4.98 Å². The Labute approximate surface area is 230 Å². The number of halogens is 3. The first-order chi connectivity index (χ1) is 19.8. The summed E-state index contributed by atoms with van der Waals surface area (Å²) in [6.45, 7) is 0.151. The molecule has 1 N–H and O–H groups in total. The maximum atomic E-state index is 13.7. The molecule has 0 aliphatic heterocycles. The summed E-state index contributed by atoms with van der Waals surface area (Å²) in [5.74, 6) is 0. The van der Waals surface area contributed by atoms with Crippen LogP contribution in [-0.4, -0.2) is 33.9 Å². The zero-order valence-corrected chi connectivity index (χ0v) is 21.4. The molecule has 0 saturated carbocycles. The van der Waals surface area contributed by atoms with Crippen LogP contribution >= 0.6 is 0 Å². The van der Waals surface area contributed by atoms with E-state index in [4.69, 9.17) is 0 Å². The van der Waals surface area contributed by atoms with Crippen LogP contribution in [0.3, 0.4) is 0 Å². The van der Waals surface area contributed by atoms with E-state index >= 15 is 0 Å². The lowest BCUT2D eigenvalue weighted by Gasteiger charge is -2.12. The van der Waals surface area contributed by atoms with Crippen LogP contribution in [0, 0.1) is 0 Å². The van der Waals surface area contributed by atoms with Crippen molar-refractivity contribution in [3.8, 4) is 11.3 Å². The first kappa shape index (κ1) is 26.0. The third kappa shape index (κ3) is 5.19. The third-order valence-corrected chi connectivity index (χ3v) is 6.79. The molecule has 5 aromatic heterocycles. The van der Waals surface area contributed by atoms with Crippen molar-refractivity contribution in [3.05, 3.63) is 135 Å². The molecule has 0 saturated heterocycles. The summed E-state index contributed by atoms with van der Waals surface area (Å²) in [5.41, 5.74) is 1.59. The molecule has 206 valence electrons. The molecule has 0 bridgehead atoms. The molecule has 6 rings (SSSR count). The van der Waals surface area contributed by atoms with Crippen LogP contribution in [0.4, 0.5) is 13.2 Å². The molecule has 0 amide bonds. The predicted molar refractivity (Wildman–Crippen MR) is 145 cm³/mol. The number of rotatable bonds is 7. The van der Waals surface area contributed by atoms with Crippen molar-refractivity contribution >= 4 is 11.0 Å². The SMILES string of the molecule is O=c1c2[nH]c(-c3cnn(Cc4ccccc4C(F)(F)F)c3)cc2n(Cc2ccncc2)c(=O)n1Cc1ccncc1. The number of benzene rings is 1. The van der Waals surface area contributed by atoms with E-state index in [9.17, 15) is 22.8 Å². The lowest BCUT2D eigenvalue weighted by Crippen LogP contribution is -2.40. The average Bonchev–Trinajstić information content (AvgIpc) is 3.62. The number of hydrogen-bond donors (Lipinski definition) is 1. The summed E-state index contributed by atoms with van der Waals surface area (Å²) < 4.78 is 44.5. The van der Waals surface area contributed by atoms with Gasteiger partial charge in [0.25, 0.3) is 5.56 Å². The standard InChI is InChI=1S/C29H22F3N7O2/c30-29(31,32)23-4-2-1-3-21(23)17-37-18-22(14-35-37)24-13-25-26(36-24)27(40)39(16-20-7-11-34-12-8-20)28(41)38(25)15-19-5-9-33-10-6-19/h1-14,18,36H,15-17H2. The summed E-state index contributed by atoms with van der Waals surface area (Å²) >= 11 is 0. The summed E-state index contributed by atoms with van der Waals surface area (Å²) in [5, 5.41) is 4.25. The van der Waals surface area contributed by atoms with Crippen LogP contribution in [-0.2, 0) is 25.8 Å². The number of fused-ring (bicyclic) bond motifs is 1. The van der Waals surface area contributed by atoms with Gasteiger partial charge >= 0.3 is 11.9 Å². The van der Waals surface area contributed by atoms with Gasteiger partial charge in [0.1, 0.15) is 5.52 Å². The Morgan fingerprint density at radius 2 is 1.44 bits per heavy atom. The van der Waals surface area contributed by atoms with E-state index in [1.165, 1.54) is 27.6 Å². The Morgan fingerprint density at radius 3 is 2.10 bits per heavy atom. The summed E-state index contributed by atoms with van der Waals surface area (Å²) in [6.07, 6.45) is 5.04. The van der Waals surface area contributed by atoms with Crippen molar-refractivity contribution in [1.82, 2.24) is 33.9 Å². The lowest BCUT2D eigenvalue weighted by atomic mass is 10.1. The minimum Gasteiger partial charge on any atom is -0.349 e. The second-order valence-electron chi connectivity index (χ2n) is 9.50. The molecule has 0 aliphatic rings. The maximum absolute atomic E-state index is 13.7. The van der Waals surface area contributed by atoms with Crippen LogP contribution in [0.2, 0.25) is 0 Å². The second-order valence-corrected chi connectivity index (χ2v) is 9.50. The Morgan fingerprint density at radius 1 is 0.805 bits per heavy atom. The fourth-order valence-electron chi connectivity index (χ4n) is 4.78. The highest BCUT2D eigenvalue weighted by molar-refractivity contribution is 5.82. The van der Waals surface area contributed by atoms with E-state index in [0.29, 0.717) is 16.8 Å². The number of hydrogen-bond acceptors (Lipinski definition) is 5. The Hall–Kier alpha value is -5.26. The second kappa shape index (κ2) is 10.4. The normalized spacial score (nSPS) is 11.8. The van der Waals surface area contributed by atoms with Crippen molar-refractivity contribution in [2.24, 2.45) is 0 Å². The number of aromatic amines is 1. The fraction of sp³-hybridized carbons (Fsp3) is 0.138. The highest BCUT2D eigenvalue weighted by Crippen LogP contribution is 2.32. The smallest absolute Gasteiger partial charge is 0.349 e. The summed E-state index contributed by atoms with van der Waals surface area (Å²) in [7, 11) is 0. The first-order valence-electron chi connectivity index (χ1n) is 12.6. The molecule has 5 heterocycles. The van der Waals surface area contributed by atoms with Crippen LogP contribution in [0.15, 0.2) is 101 Å². The molecule has 9 nitrogen and oxygen atoms in total. The number of nitrogens with zero attached hydrogens (tertiary/aromatic N) is 6. The predicted octanol–water partition coefficient (Wildman–Crippen LogP) is 4.31. The molecule has 1 aromatic carbocycles. The van der Waals surface area contributed by atoms with Crippen LogP contribution in [0.1, 0.15) is 22.3 Å². The van der Waals surface area contributed by atoms with E-state index < -0.39 is 23.0 Å². The zero-order valence-electron chi connectivity index (χ0n) is 21.4. The molecule has 0 aliphatic carbocycles. The van der Waals surface area contributed by atoms with Gasteiger partial charge in [0.15, 0.2) is 0 Å². The van der Waals surface area contributed by atoms with Gasteiger partial charge in [0, 0.05) is 36.5 Å². The zero-order chi connectivity index (χ0) is 28.6. The number of H-pyrrole nitrogens is 1. The van der Waals surface area contributed by atoms with Gasteiger partial charge in [-0.2, -0.15) is 18.3 Å². The largest absolute Gasteiger partial charge is 0.416 e. The monoisotopic (exact) mass is 557 g/mol. The van der Waals surface area contributed by atoms with E-state index in [1.807, 2.05) is 0 Å². The molecular weight excluding hydrogens is 535 g/mol. The molecule has 0 atom stereocenters. The van der Waals surface area contributed by atoms with Crippen LogP contribution in [0.5, 0.6) is 0 Å². The van der Waals surface area contributed by atoms with Gasteiger partial charge in [0.05, 0.1) is 42.6 Å². The Balaban J connectivity index is 1.43. The Kier molecular flexibility index (Phi) is 6.58. The average molecular weight is 558 g/mol. The van der Waals surface area contributed by atoms with Gasteiger partial charge in [-0.05, 0) is 53.1 Å². The third-order valence-electron chi connectivity index (χ3n) is 6.79. The molecule has 0 spiro atoms. The van der Waals surface area contributed by atoms with E-state index in [0.717, 1.165) is 21.8 Å². The lowest BCUT2D eigenvalue weighted by molar-refractivity contribution is -0.138. The minimum absolute atomic E-state index is 0.0529. The molecule has 0 radical (unpaired) electrons. The number of pyridine rings is 2. The van der Waals surface area contributed by atoms with Gasteiger partial charge in [-0.15, -0.1) is 0 Å². The van der Waals surface area contributed by atoms with E-state index in [2.05, 4.69) is 20.1 Å². The van der Waals surface area contributed by atoms with Crippen molar-refractivity contribution in [1.29, 1.82) is 0 Å². The van der Waals surface area contributed by atoms with Crippen LogP contribution in [0.25, 0.3) is 22.3 Å². The van der Waals surface area contributed by atoms with Crippen molar-refractivity contribution in [2.75, 3.05) is 0 Å². The topological polar surface area (TPSA) is 103 Å². The highest BCUT2D eigenvalue weighted by atomic mass is 19.4. The highest BCUT2D eigenvalue weighted by Gasteiger charge is 2.33. The summed E-state index contributed by atoms with van der Waals surface area (Å²) in [4.78, 5) is 38.3. The van der Waals surface area contributed by atoms with Gasteiger partial charge in [0.2, 0.25) is 0 Å². The molecule has 41 heavy (non-hydrogen) atoms. The molecule has 6 aromatic rings. The van der Waals surface area contributed by atoms with Gasteiger partial charge in [-0.3, -0.25) is 28.6 Å². The quantitative estimate of drug-likeness (QED) is 0.315. The number of aromatic nitrogens is 7. The molecular formula is C29H22F3N7O2.